The normalized spacial score (nSPS) is 18.0. The van der Waals surface area contributed by atoms with Gasteiger partial charge in [0.05, 0.1) is 12.6 Å². The van der Waals surface area contributed by atoms with E-state index in [9.17, 15) is 0 Å². The summed E-state index contributed by atoms with van der Waals surface area (Å²) in [5.74, 6) is 1.98. The second kappa shape index (κ2) is 7.29. The number of hydrogen-bond donors (Lipinski definition) is 0. The minimum Gasteiger partial charge on any atom is -0.376 e. The van der Waals surface area contributed by atoms with Gasteiger partial charge in [-0.25, -0.2) is 0 Å². The highest BCUT2D eigenvalue weighted by Crippen LogP contribution is 2.24. The van der Waals surface area contributed by atoms with Gasteiger partial charge in [0, 0.05) is 18.8 Å². The molecule has 0 N–H and O–H groups in total. The van der Waals surface area contributed by atoms with Crippen LogP contribution in [0.4, 0.5) is 0 Å². The summed E-state index contributed by atoms with van der Waals surface area (Å²) in [6.07, 6.45) is 3.54. The molecule has 0 bridgehead atoms. The van der Waals surface area contributed by atoms with E-state index in [1.54, 1.807) is 11.8 Å². The second-order valence-corrected chi connectivity index (χ2v) is 6.72. The van der Waals surface area contributed by atoms with E-state index < -0.39 is 0 Å². The van der Waals surface area contributed by atoms with Gasteiger partial charge >= 0.3 is 0 Å². The maximum atomic E-state index is 5.77. The Labute approximate surface area is 136 Å². The predicted octanol–water partition coefficient (Wildman–Crippen LogP) is 3.62. The number of aryl methyl sites for hydroxylation is 2. The molecular formula is C17H23N3OS. The first-order chi connectivity index (χ1) is 10.8. The zero-order valence-corrected chi connectivity index (χ0v) is 14.1. The summed E-state index contributed by atoms with van der Waals surface area (Å²) in [7, 11) is 0. The van der Waals surface area contributed by atoms with Gasteiger partial charge in [-0.1, -0.05) is 48.5 Å². The minimum atomic E-state index is 0.319. The topological polar surface area (TPSA) is 39.9 Å². The van der Waals surface area contributed by atoms with Crippen LogP contribution in [0.15, 0.2) is 29.4 Å². The molecule has 2 heterocycles. The summed E-state index contributed by atoms with van der Waals surface area (Å²) < 4.78 is 8.02. The van der Waals surface area contributed by atoms with Crippen LogP contribution in [-0.2, 0) is 23.5 Å². The lowest BCUT2D eigenvalue weighted by Gasteiger charge is -2.14. The number of rotatable bonds is 6. The van der Waals surface area contributed by atoms with Gasteiger partial charge in [-0.15, -0.1) is 10.2 Å². The fraction of sp³-hybridized carbons (Fsp3) is 0.529. The molecule has 0 radical (unpaired) electrons. The fourth-order valence-electron chi connectivity index (χ4n) is 2.81. The SMILES string of the molecule is CCc1nnc(SCc2cccc(C)c2)n1CC1CCCO1. The third-order valence-corrected chi connectivity index (χ3v) is 5.01. The summed E-state index contributed by atoms with van der Waals surface area (Å²) in [5.41, 5.74) is 2.63. The summed E-state index contributed by atoms with van der Waals surface area (Å²) in [5, 5.41) is 9.74. The van der Waals surface area contributed by atoms with Crippen molar-refractivity contribution in [2.24, 2.45) is 0 Å². The smallest absolute Gasteiger partial charge is 0.191 e. The van der Waals surface area contributed by atoms with Crippen LogP contribution in [0, 0.1) is 6.92 Å². The van der Waals surface area contributed by atoms with Crippen LogP contribution in [-0.4, -0.2) is 27.5 Å². The van der Waals surface area contributed by atoms with E-state index in [1.807, 2.05) is 0 Å². The maximum Gasteiger partial charge on any atom is 0.191 e. The quantitative estimate of drug-likeness (QED) is 0.763. The van der Waals surface area contributed by atoms with Crippen LogP contribution >= 0.6 is 11.8 Å². The van der Waals surface area contributed by atoms with Crippen molar-refractivity contribution in [3.8, 4) is 0 Å². The van der Waals surface area contributed by atoms with Gasteiger partial charge in [-0.05, 0) is 25.3 Å². The molecule has 1 fully saturated rings. The maximum absolute atomic E-state index is 5.77. The van der Waals surface area contributed by atoms with Crippen molar-refractivity contribution >= 4 is 11.8 Å². The number of hydrogen-bond acceptors (Lipinski definition) is 4. The Balaban J connectivity index is 1.71. The van der Waals surface area contributed by atoms with E-state index in [4.69, 9.17) is 4.74 Å². The molecule has 1 saturated heterocycles. The van der Waals surface area contributed by atoms with Gasteiger partial charge in [0.15, 0.2) is 5.16 Å². The average Bonchev–Trinajstić information content (AvgIpc) is 3.16. The molecule has 22 heavy (non-hydrogen) atoms. The monoisotopic (exact) mass is 317 g/mol. The lowest BCUT2D eigenvalue weighted by molar-refractivity contribution is 0.0942. The molecule has 118 valence electrons. The van der Waals surface area contributed by atoms with Gasteiger partial charge in [-0.2, -0.15) is 0 Å². The first-order valence-electron chi connectivity index (χ1n) is 7.98. The van der Waals surface area contributed by atoms with Crippen LogP contribution < -0.4 is 0 Å². The Kier molecular flexibility index (Phi) is 5.16. The molecule has 1 atom stereocenters. The van der Waals surface area contributed by atoms with E-state index >= 15 is 0 Å². The van der Waals surface area contributed by atoms with Crippen LogP contribution in [0.3, 0.4) is 0 Å². The highest BCUT2D eigenvalue weighted by Gasteiger charge is 2.20. The first-order valence-corrected chi connectivity index (χ1v) is 8.97. The zero-order chi connectivity index (χ0) is 15.4. The molecular weight excluding hydrogens is 294 g/mol. The van der Waals surface area contributed by atoms with Crippen LogP contribution in [0.2, 0.25) is 0 Å². The molecule has 2 aromatic rings. The molecule has 1 aliphatic heterocycles. The van der Waals surface area contributed by atoms with Gasteiger partial charge in [0.1, 0.15) is 5.82 Å². The third kappa shape index (κ3) is 3.70. The third-order valence-electron chi connectivity index (χ3n) is 3.97. The molecule has 0 aliphatic carbocycles. The average molecular weight is 317 g/mol. The second-order valence-electron chi connectivity index (χ2n) is 5.78. The predicted molar refractivity (Wildman–Crippen MR) is 89.1 cm³/mol. The van der Waals surface area contributed by atoms with Crippen molar-refractivity contribution in [1.82, 2.24) is 14.8 Å². The van der Waals surface area contributed by atoms with E-state index in [-0.39, 0.29) is 0 Å². The molecule has 1 aromatic heterocycles. The van der Waals surface area contributed by atoms with Crippen molar-refractivity contribution in [1.29, 1.82) is 0 Å². The van der Waals surface area contributed by atoms with E-state index in [2.05, 4.69) is 52.9 Å². The molecule has 3 rings (SSSR count). The molecule has 1 unspecified atom stereocenters. The zero-order valence-electron chi connectivity index (χ0n) is 13.3. The van der Waals surface area contributed by atoms with Crippen molar-refractivity contribution in [2.45, 2.75) is 56.7 Å². The van der Waals surface area contributed by atoms with Gasteiger partial charge in [0.25, 0.3) is 0 Å². The van der Waals surface area contributed by atoms with Crippen LogP contribution in [0.1, 0.15) is 36.7 Å². The molecule has 1 aliphatic rings. The Bertz CT molecular complexity index is 620. The van der Waals surface area contributed by atoms with Crippen molar-refractivity contribution in [3.05, 3.63) is 41.2 Å². The van der Waals surface area contributed by atoms with Gasteiger partial charge < -0.3 is 9.30 Å². The summed E-state index contributed by atoms with van der Waals surface area (Å²) >= 11 is 1.76. The van der Waals surface area contributed by atoms with Crippen molar-refractivity contribution in [3.63, 3.8) is 0 Å². The van der Waals surface area contributed by atoms with Crippen LogP contribution in [0.25, 0.3) is 0 Å². The number of aromatic nitrogens is 3. The summed E-state index contributed by atoms with van der Waals surface area (Å²) in [4.78, 5) is 0. The summed E-state index contributed by atoms with van der Waals surface area (Å²) in [6, 6.07) is 8.64. The Morgan fingerprint density at radius 1 is 1.36 bits per heavy atom. The fourth-order valence-corrected chi connectivity index (χ4v) is 3.72. The molecule has 5 heteroatoms. The van der Waals surface area contributed by atoms with Crippen LogP contribution in [0.5, 0.6) is 0 Å². The van der Waals surface area contributed by atoms with Crippen molar-refractivity contribution < 1.29 is 4.74 Å². The van der Waals surface area contributed by atoms with E-state index in [0.717, 1.165) is 42.7 Å². The first kappa shape index (κ1) is 15.6. The standard InChI is InChI=1S/C17H23N3OS/c1-3-16-18-19-17(20(16)11-15-8-5-9-21-15)22-12-14-7-4-6-13(2)10-14/h4,6-7,10,15H,3,5,8-9,11-12H2,1-2H3. The number of nitrogens with zero attached hydrogens (tertiary/aromatic N) is 3. The lowest BCUT2D eigenvalue weighted by atomic mass is 10.2. The largest absolute Gasteiger partial charge is 0.376 e. The molecule has 0 spiro atoms. The molecule has 1 aromatic carbocycles. The summed E-state index contributed by atoms with van der Waals surface area (Å²) in [6.45, 7) is 6.03. The van der Waals surface area contributed by atoms with E-state index in [0.29, 0.717) is 6.10 Å². The molecule has 0 amide bonds. The number of ether oxygens (including phenoxy) is 1. The van der Waals surface area contributed by atoms with E-state index in [1.165, 1.54) is 17.5 Å². The Morgan fingerprint density at radius 2 is 2.27 bits per heavy atom. The van der Waals surface area contributed by atoms with Crippen molar-refractivity contribution in [2.75, 3.05) is 6.61 Å². The highest BCUT2D eigenvalue weighted by atomic mass is 32.2. The lowest BCUT2D eigenvalue weighted by Crippen LogP contribution is -2.17. The molecule has 0 saturated carbocycles. The van der Waals surface area contributed by atoms with Gasteiger partial charge in [0.2, 0.25) is 0 Å². The Morgan fingerprint density at radius 3 is 3.00 bits per heavy atom. The number of thioether (sulfide) groups is 1. The Hall–Kier alpha value is -1.33. The van der Waals surface area contributed by atoms with Gasteiger partial charge in [-0.3, -0.25) is 0 Å². The minimum absolute atomic E-state index is 0.319. The molecule has 4 nitrogen and oxygen atoms in total. The number of benzene rings is 1. The highest BCUT2D eigenvalue weighted by molar-refractivity contribution is 7.98.